The maximum Gasteiger partial charge on any atom is 0.423 e. The SMILES string of the molecule is C=C1CN(C(=O)Nc2ccccc2OCC)C(=O)O1. The fourth-order valence-electron chi connectivity index (χ4n) is 1.64. The van der Waals surface area contributed by atoms with Gasteiger partial charge in [-0.1, -0.05) is 18.7 Å². The Balaban J connectivity index is 2.11. The van der Waals surface area contributed by atoms with Crippen LogP contribution in [0.3, 0.4) is 0 Å². The van der Waals surface area contributed by atoms with Gasteiger partial charge in [-0.25, -0.2) is 14.5 Å². The third-order valence-corrected chi connectivity index (χ3v) is 2.46. The predicted octanol–water partition coefficient (Wildman–Crippen LogP) is 2.58. The molecule has 1 N–H and O–H groups in total. The van der Waals surface area contributed by atoms with Gasteiger partial charge in [0.15, 0.2) is 0 Å². The van der Waals surface area contributed by atoms with Crippen LogP contribution in [0.15, 0.2) is 36.6 Å². The molecule has 1 aliphatic rings. The number of nitrogens with one attached hydrogen (secondary N) is 1. The summed E-state index contributed by atoms with van der Waals surface area (Å²) in [6.45, 7) is 5.89. The molecule has 0 saturated carbocycles. The summed E-state index contributed by atoms with van der Waals surface area (Å²) in [6.07, 6.45) is -0.726. The van der Waals surface area contributed by atoms with Gasteiger partial charge >= 0.3 is 12.1 Å². The molecule has 1 aliphatic heterocycles. The van der Waals surface area contributed by atoms with Gasteiger partial charge in [-0.2, -0.15) is 0 Å². The summed E-state index contributed by atoms with van der Waals surface area (Å²) in [4.78, 5) is 24.3. The van der Waals surface area contributed by atoms with E-state index in [0.29, 0.717) is 18.0 Å². The number of ether oxygens (including phenoxy) is 2. The molecule has 0 spiro atoms. The Morgan fingerprint density at radius 2 is 2.26 bits per heavy atom. The molecule has 0 radical (unpaired) electrons. The molecule has 0 unspecified atom stereocenters. The van der Waals surface area contributed by atoms with E-state index in [0.717, 1.165) is 4.90 Å². The zero-order valence-corrected chi connectivity index (χ0v) is 10.5. The van der Waals surface area contributed by atoms with Crippen molar-refractivity contribution in [2.75, 3.05) is 18.5 Å². The van der Waals surface area contributed by atoms with Crippen LogP contribution in [0.25, 0.3) is 0 Å². The zero-order chi connectivity index (χ0) is 13.8. The van der Waals surface area contributed by atoms with Gasteiger partial charge in [0.2, 0.25) is 0 Å². The Hall–Kier alpha value is -2.50. The van der Waals surface area contributed by atoms with E-state index in [9.17, 15) is 9.59 Å². The van der Waals surface area contributed by atoms with Crippen molar-refractivity contribution < 1.29 is 19.1 Å². The standard InChI is InChI=1S/C13H14N2O4/c1-3-18-11-7-5-4-6-10(11)14-12(16)15-8-9(2)19-13(15)17/h4-7H,2-3,8H2,1H3,(H,14,16). The second kappa shape index (κ2) is 5.43. The topological polar surface area (TPSA) is 67.9 Å². The first-order valence-corrected chi connectivity index (χ1v) is 5.81. The highest BCUT2D eigenvalue weighted by atomic mass is 16.6. The monoisotopic (exact) mass is 262 g/mol. The number of amides is 3. The molecular formula is C13H14N2O4. The number of nitrogens with zero attached hydrogens (tertiary/aromatic N) is 1. The van der Waals surface area contributed by atoms with E-state index < -0.39 is 12.1 Å². The third-order valence-electron chi connectivity index (χ3n) is 2.46. The lowest BCUT2D eigenvalue weighted by molar-refractivity contribution is 0.171. The van der Waals surface area contributed by atoms with Gasteiger partial charge in [0.1, 0.15) is 11.5 Å². The molecule has 1 aromatic rings. The number of imide groups is 1. The van der Waals surface area contributed by atoms with Crippen LogP contribution >= 0.6 is 0 Å². The second-order valence-corrected chi connectivity index (χ2v) is 3.85. The second-order valence-electron chi connectivity index (χ2n) is 3.85. The van der Waals surface area contributed by atoms with Gasteiger partial charge < -0.3 is 14.8 Å². The number of urea groups is 1. The van der Waals surface area contributed by atoms with Crippen molar-refractivity contribution >= 4 is 17.8 Å². The van der Waals surface area contributed by atoms with Crippen molar-refractivity contribution in [3.05, 3.63) is 36.6 Å². The van der Waals surface area contributed by atoms with Crippen LogP contribution in [0.5, 0.6) is 5.75 Å². The average molecular weight is 262 g/mol. The Morgan fingerprint density at radius 1 is 1.53 bits per heavy atom. The molecule has 2 rings (SSSR count). The number of hydrogen-bond acceptors (Lipinski definition) is 4. The summed E-state index contributed by atoms with van der Waals surface area (Å²) in [5, 5.41) is 2.61. The molecule has 3 amide bonds. The van der Waals surface area contributed by atoms with E-state index in [1.807, 2.05) is 6.92 Å². The third kappa shape index (κ3) is 2.85. The quantitative estimate of drug-likeness (QED) is 0.909. The smallest absolute Gasteiger partial charge is 0.423 e. The molecule has 1 aromatic carbocycles. The van der Waals surface area contributed by atoms with E-state index in [1.165, 1.54) is 0 Å². The lowest BCUT2D eigenvalue weighted by Gasteiger charge is -2.14. The minimum Gasteiger partial charge on any atom is -0.492 e. The number of carbonyl (C=O) groups excluding carboxylic acids is 2. The lowest BCUT2D eigenvalue weighted by atomic mass is 10.3. The van der Waals surface area contributed by atoms with Crippen LogP contribution in [0, 0.1) is 0 Å². The summed E-state index contributed by atoms with van der Waals surface area (Å²) in [7, 11) is 0. The van der Waals surface area contributed by atoms with Crippen LogP contribution in [0.1, 0.15) is 6.92 Å². The van der Waals surface area contributed by atoms with Crippen molar-refractivity contribution in [3.8, 4) is 5.75 Å². The molecule has 6 nitrogen and oxygen atoms in total. The van der Waals surface area contributed by atoms with Crippen molar-refractivity contribution in [1.82, 2.24) is 4.90 Å². The van der Waals surface area contributed by atoms with Gasteiger partial charge in [0, 0.05) is 0 Å². The van der Waals surface area contributed by atoms with Gasteiger partial charge in [-0.15, -0.1) is 0 Å². The normalized spacial score (nSPS) is 14.3. The van der Waals surface area contributed by atoms with Crippen molar-refractivity contribution in [2.45, 2.75) is 6.92 Å². The molecule has 0 bridgehead atoms. The molecule has 100 valence electrons. The Labute approximate surface area is 110 Å². The highest BCUT2D eigenvalue weighted by Gasteiger charge is 2.31. The molecule has 6 heteroatoms. The van der Waals surface area contributed by atoms with Crippen molar-refractivity contribution in [2.24, 2.45) is 0 Å². The Bertz CT molecular complexity index is 527. The number of cyclic esters (lactones) is 1. The van der Waals surface area contributed by atoms with Gasteiger partial charge in [0.25, 0.3) is 0 Å². The largest absolute Gasteiger partial charge is 0.492 e. The maximum atomic E-state index is 11.9. The molecule has 0 aliphatic carbocycles. The van der Waals surface area contributed by atoms with E-state index in [4.69, 9.17) is 9.47 Å². The van der Waals surface area contributed by atoms with Crippen molar-refractivity contribution in [1.29, 1.82) is 0 Å². The van der Waals surface area contributed by atoms with Gasteiger partial charge in [0.05, 0.1) is 18.8 Å². The van der Waals surface area contributed by atoms with E-state index in [2.05, 4.69) is 11.9 Å². The van der Waals surface area contributed by atoms with E-state index >= 15 is 0 Å². The van der Waals surface area contributed by atoms with Gasteiger partial charge in [-0.05, 0) is 19.1 Å². The number of rotatable bonds is 3. The van der Waals surface area contributed by atoms with Crippen LogP contribution in [0.4, 0.5) is 15.3 Å². The maximum absolute atomic E-state index is 11.9. The fraction of sp³-hybridized carbons (Fsp3) is 0.231. The minimum absolute atomic E-state index is 0.0570. The number of carbonyl (C=O) groups is 2. The number of benzene rings is 1. The molecule has 1 fully saturated rings. The summed E-state index contributed by atoms with van der Waals surface area (Å²) >= 11 is 0. The van der Waals surface area contributed by atoms with E-state index in [1.54, 1.807) is 24.3 Å². The fourth-order valence-corrected chi connectivity index (χ4v) is 1.64. The molecule has 0 aromatic heterocycles. The first kappa shape index (κ1) is 12.9. The number of anilines is 1. The number of para-hydroxylation sites is 2. The Kier molecular flexibility index (Phi) is 3.70. The minimum atomic E-state index is -0.726. The summed E-state index contributed by atoms with van der Waals surface area (Å²) in [5.74, 6) is 0.794. The summed E-state index contributed by atoms with van der Waals surface area (Å²) in [6, 6.07) is 6.42. The van der Waals surface area contributed by atoms with Crippen LogP contribution in [-0.2, 0) is 4.74 Å². The first-order chi connectivity index (χ1) is 9.11. The molecule has 1 heterocycles. The zero-order valence-electron chi connectivity index (χ0n) is 10.5. The van der Waals surface area contributed by atoms with Crippen LogP contribution in [0.2, 0.25) is 0 Å². The van der Waals surface area contributed by atoms with Crippen LogP contribution in [-0.4, -0.2) is 30.2 Å². The average Bonchev–Trinajstić information content (AvgIpc) is 2.71. The molecule has 19 heavy (non-hydrogen) atoms. The lowest BCUT2D eigenvalue weighted by Crippen LogP contribution is -2.35. The molecular weight excluding hydrogens is 248 g/mol. The summed E-state index contributed by atoms with van der Waals surface area (Å²) in [5.41, 5.74) is 0.500. The van der Waals surface area contributed by atoms with E-state index in [-0.39, 0.29) is 12.3 Å². The molecule has 1 saturated heterocycles. The Morgan fingerprint density at radius 3 is 2.89 bits per heavy atom. The van der Waals surface area contributed by atoms with Gasteiger partial charge in [-0.3, -0.25) is 0 Å². The van der Waals surface area contributed by atoms with Crippen LogP contribution < -0.4 is 10.1 Å². The highest BCUT2D eigenvalue weighted by Crippen LogP contribution is 2.24. The number of hydrogen-bond donors (Lipinski definition) is 1. The summed E-state index contributed by atoms with van der Waals surface area (Å²) < 4.78 is 10.1. The predicted molar refractivity (Wildman–Crippen MR) is 69.0 cm³/mol. The molecule has 0 atom stereocenters. The highest BCUT2D eigenvalue weighted by molar-refractivity contribution is 6.01. The van der Waals surface area contributed by atoms with Crippen molar-refractivity contribution in [3.63, 3.8) is 0 Å². The first-order valence-electron chi connectivity index (χ1n) is 5.81.